The first-order valence-electron chi connectivity index (χ1n) is 6.34. The average molecular weight is 235 g/mol. The van der Waals surface area contributed by atoms with E-state index in [9.17, 15) is 0 Å². The number of nitrogens with one attached hydrogen (secondary N) is 2. The second-order valence-corrected chi connectivity index (χ2v) is 4.69. The summed E-state index contributed by atoms with van der Waals surface area (Å²) in [6.45, 7) is 6.08. The normalized spacial score (nSPS) is 19.6. The molecule has 1 aliphatic heterocycles. The van der Waals surface area contributed by atoms with Gasteiger partial charge in [0.05, 0.1) is 6.10 Å². The Morgan fingerprint density at radius 3 is 3.18 bits per heavy atom. The lowest BCUT2D eigenvalue weighted by Gasteiger charge is -2.16. The summed E-state index contributed by atoms with van der Waals surface area (Å²) in [5, 5.41) is 6.82. The van der Waals surface area contributed by atoms with Gasteiger partial charge in [0.1, 0.15) is 0 Å². The Balaban J connectivity index is 1.94. The van der Waals surface area contributed by atoms with Gasteiger partial charge < -0.3 is 15.4 Å². The van der Waals surface area contributed by atoms with Crippen LogP contribution in [0.4, 0.5) is 5.82 Å². The molecule has 0 amide bonds. The Labute approximate surface area is 103 Å². The molecule has 0 bridgehead atoms. The predicted octanol–water partition coefficient (Wildman–Crippen LogP) is 2.03. The largest absolute Gasteiger partial charge is 0.487 e. The molecule has 1 aliphatic rings. The van der Waals surface area contributed by atoms with E-state index in [4.69, 9.17) is 4.74 Å². The van der Waals surface area contributed by atoms with Gasteiger partial charge in [-0.15, -0.1) is 0 Å². The van der Waals surface area contributed by atoms with Gasteiger partial charge in [-0.3, -0.25) is 0 Å². The lowest BCUT2D eigenvalue weighted by atomic mass is 10.2. The first kappa shape index (κ1) is 12.2. The van der Waals surface area contributed by atoms with Crippen LogP contribution in [0.2, 0.25) is 0 Å². The van der Waals surface area contributed by atoms with E-state index >= 15 is 0 Å². The van der Waals surface area contributed by atoms with Crippen molar-refractivity contribution in [2.45, 2.75) is 38.8 Å². The SMILES string of the molecule is CC(C)Oc1cccnc1NCC1CCCN1. The van der Waals surface area contributed by atoms with Gasteiger partial charge in [0.25, 0.3) is 0 Å². The standard InChI is InChI=1S/C13H21N3O/c1-10(2)17-12-6-4-8-15-13(12)16-9-11-5-3-7-14-11/h4,6,8,10-11,14H,3,5,7,9H2,1-2H3,(H,15,16). The zero-order valence-corrected chi connectivity index (χ0v) is 10.6. The third-order valence-electron chi connectivity index (χ3n) is 2.81. The first-order chi connectivity index (χ1) is 8.25. The molecule has 1 aromatic rings. The molecular weight excluding hydrogens is 214 g/mol. The molecule has 1 fully saturated rings. The summed E-state index contributed by atoms with van der Waals surface area (Å²) in [4.78, 5) is 4.33. The van der Waals surface area contributed by atoms with Crippen LogP contribution in [0.15, 0.2) is 18.3 Å². The molecular formula is C13H21N3O. The highest BCUT2D eigenvalue weighted by Crippen LogP contribution is 2.22. The number of anilines is 1. The fourth-order valence-electron chi connectivity index (χ4n) is 2.02. The smallest absolute Gasteiger partial charge is 0.168 e. The van der Waals surface area contributed by atoms with Crippen LogP contribution in [-0.2, 0) is 0 Å². The van der Waals surface area contributed by atoms with Gasteiger partial charge in [-0.1, -0.05) is 0 Å². The summed E-state index contributed by atoms with van der Waals surface area (Å²) < 4.78 is 5.72. The van der Waals surface area contributed by atoms with E-state index < -0.39 is 0 Å². The van der Waals surface area contributed by atoms with Crippen LogP contribution in [0.1, 0.15) is 26.7 Å². The van der Waals surface area contributed by atoms with Gasteiger partial charge in [0.2, 0.25) is 0 Å². The molecule has 1 saturated heterocycles. The summed E-state index contributed by atoms with van der Waals surface area (Å²) >= 11 is 0. The molecule has 2 rings (SSSR count). The van der Waals surface area contributed by atoms with Crippen molar-refractivity contribution < 1.29 is 4.74 Å². The molecule has 0 aromatic carbocycles. The van der Waals surface area contributed by atoms with E-state index in [-0.39, 0.29) is 6.10 Å². The van der Waals surface area contributed by atoms with Crippen molar-refractivity contribution in [3.05, 3.63) is 18.3 Å². The molecule has 0 spiro atoms. The van der Waals surface area contributed by atoms with Crippen LogP contribution >= 0.6 is 0 Å². The number of rotatable bonds is 5. The Kier molecular flexibility index (Phi) is 4.20. The van der Waals surface area contributed by atoms with Gasteiger partial charge in [-0.25, -0.2) is 4.98 Å². The molecule has 1 unspecified atom stereocenters. The molecule has 0 saturated carbocycles. The lowest BCUT2D eigenvalue weighted by Crippen LogP contribution is -2.29. The van der Waals surface area contributed by atoms with Crippen molar-refractivity contribution in [2.24, 2.45) is 0 Å². The van der Waals surface area contributed by atoms with Crippen molar-refractivity contribution in [1.29, 1.82) is 0 Å². The van der Waals surface area contributed by atoms with Crippen LogP contribution in [0.5, 0.6) is 5.75 Å². The fourth-order valence-corrected chi connectivity index (χ4v) is 2.02. The highest BCUT2D eigenvalue weighted by atomic mass is 16.5. The first-order valence-corrected chi connectivity index (χ1v) is 6.34. The Morgan fingerprint density at radius 2 is 2.47 bits per heavy atom. The fraction of sp³-hybridized carbons (Fsp3) is 0.615. The van der Waals surface area contributed by atoms with Gasteiger partial charge in [-0.2, -0.15) is 0 Å². The van der Waals surface area contributed by atoms with E-state index in [0.29, 0.717) is 6.04 Å². The summed E-state index contributed by atoms with van der Waals surface area (Å²) in [5.41, 5.74) is 0. The number of hydrogen-bond donors (Lipinski definition) is 2. The maximum atomic E-state index is 5.72. The molecule has 17 heavy (non-hydrogen) atoms. The Morgan fingerprint density at radius 1 is 1.59 bits per heavy atom. The van der Waals surface area contributed by atoms with Gasteiger partial charge in [0, 0.05) is 18.8 Å². The number of ether oxygens (including phenoxy) is 1. The maximum absolute atomic E-state index is 5.72. The minimum Gasteiger partial charge on any atom is -0.487 e. The monoisotopic (exact) mass is 235 g/mol. The zero-order valence-electron chi connectivity index (χ0n) is 10.6. The quantitative estimate of drug-likeness (QED) is 0.820. The summed E-state index contributed by atoms with van der Waals surface area (Å²) in [5.74, 6) is 1.68. The van der Waals surface area contributed by atoms with Crippen LogP contribution < -0.4 is 15.4 Å². The third kappa shape index (κ3) is 3.60. The zero-order chi connectivity index (χ0) is 12.1. The van der Waals surface area contributed by atoms with Crippen molar-refractivity contribution in [1.82, 2.24) is 10.3 Å². The van der Waals surface area contributed by atoms with E-state index in [0.717, 1.165) is 24.7 Å². The van der Waals surface area contributed by atoms with Crippen molar-refractivity contribution >= 4 is 5.82 Å². The Bertz CT molecular complexity index is 348. The highest BCUT2D eigenvalue weighted by Gasteiger charge is 2.14. The average Bonchev–Trinajstić information content (AvgIpc) is 2.80. The highest BCUT2D eigenvalue weighted by molar-refractivity contribution is 5.49. The predicted molar refractivity (Wildman–Crippen MR) is 69.5 cm³/mol. The molecule has 2 heterocycles. The van der Waals surface area contributed by atoms with E-state index in [2.05, 4.69) is 15.6 Å². The van der Waals surface area contributed by atoms with E-state index in [1.54, 1.807) is 6.20 Å². The minimum absolute atomic E-state index is 0.171. The summed E-state index contributed by atoms with van der Waals surface area (Å²) in [6, 6.07) is 4.41. The molecule has 1 aromatic heterocycles. The molecule has 94 valence electrons. The maximum Gasteiger partial charge on any atom is 0.168 e. The number of hydrogen-bond acceptors (Lipinski definition) is 4. The van der Waals surface area contributed by atoms with E-state index in [1.165, 1.54) is 12.8 Å². The second kappa shape index (κ2) is 5.87. The molecule has 1 atom stereocenters. The minimum atomic E-state index is 0.171. The lowest BCUT2D eigenvalue weighted by molar-refractivity contribution is 0.243. The summed E-state index contributed by atoms with van der Waals surface area (Å²) in [6.07, 6.45) is 4.46. The molecule has 4 heteroatoms. The van der Waals surface area contributed by atoms with Crippen molar-refractivity contribution in [3.8, 4) is 5.75 Å². The van der Waals surface area contributed by atoms with Crippen LogP contribution in [0.3, 0.4) is 0 Å². The van der Waals surface area contributed by atoms with Crippen LogP contribution in [-0.4, -0.2) is 30.2 Å². The van der Waals surface area contributed by atoms with Gasteiger partial charge in [0.15, 0.2) is 11.6 Å². The second-order valence-electron chi connectivity index (χ2n) is 4.69. The van der Waals surface area contributed by atoms with E-state index in [1.807, 2.05) is 26.0 Å². The Hall–Kier alpha value is -1.29. The van der Waals surface area contributed by atoms with Crippen LogP contribution in [0.25, 0.3) is 0 Å². The molecule has 0 radical (unpaired) electrons. The molecule has 0 aliphatic carbocycles. The topological polar surface area (TPSA) is 46.2 Å². The third-order valence-corrected chi connectivity index (χ3v) is 2.81. The number of aromatic nitrogens is 1. The van der Waals surface area contributed by atoms with Crippen molar-refractivity contribution in [2.75, 3.05) is 18.4 Å². The van der Waals surface area contributed by atoms with Gasteiger partial charge >= 0.3 is 0 Å². The number of pyridine rings is 1. The molecule has 2 N–H and O–H groups in total. The summed E-state index contributed by atoms with van der Waals surface area (Å²) in [7, 11) is 0. The number of nitrogens with zero attached hydrogens (tertiary/aromatic N) is 1. The molecule has 4 nitrogen and oxygen atoms in total. The van der Waals surface area contributed by atoms with Crippen LogP contribution in [0, 0.1) is 0 Å². The van der Waals surface area contributed by atoms with Gasteiger partial charge in [-0.05, 0) is 45.4 Å². The van der Waals surface area contributed by atoms with Crippen molar-refractivity contribution in [3.63, 3.8) is 0 Å².